The summed E-state index contributed by atoms with van der Waals surface area (Å²) in [6.45, 7) is 6.20. The third-order valence-electron chi connectivity index (χ3n) is 4.17. The van der Waals surface area contributed by atoms with Crippen molar-refractivity contribution >= 4 is 0 Å². The summed E-state index contributed by atoms with van der Waals surface area (Å²) in [5, 5.41) is 8.20. The third-order valence-corrected chi connectivity index (χ3v) is 4.17. The molecule has 0 saturated heterocycles. The zero-order valence-corrected chi connectivity index (χ0v) is 12.4. The highest BCUT2D eigenvalue weighted by molar-refractivity contribution is 5.27. The highest BCUT2D eigenvalue weighted by Crippen LogP contribution is 2.29. The second-order valence-corrected chi connectivity index (χ2v) is 5.69. The summed E-state index contributed by atoms with van der Waals surface area (Å²) >= 11 is 0. The summed E-state index contributed by atoms with van der Waals surface area (Å²) in [5.41, 5.74) is 5.46. The highest BCUT2D eigenvalue weighted by Gasteiger charge is 2.23. The van der Waals surface area contributed by atoms with Gasteiger partial charge in [-0.2, -0.15) is 5.10 Å². The Morgan fingerprint density at radius 2 is 2.10 bits per heavy atom. The molecule has 1 heterocycles. The van der Waals surface area contributed by atoms with E-state index in [1.54, 1.807) is 0 Å². The summed E-state index contributed by atoms with van der Waals surface area (Å²) in [7, 11) is 0. The Hall–Kier alpha value is -1.61. The Bertz CT molecular complexity index is 568. The molecule has 0 bridgehead atoms. The van der Waals surface area contributed by atoms with Crippen LogP contribution in [-0.4, -0.2) is 16.3 Å². The molecule has 1 aromatic heterocycles. The molecule has 1 atom stereocenters. The van der Waals surface area contributed by atoms with Crippen LogP contribution in [0.4, 0.5) is 0 Å². The van der Waals surface area contributed by atoms with E-state index >= 15 is 0 Å². The van der Waals surface area contributed by atoms with Crippen molar-refractivity contribution in [2.75, 3.05) is 6.54 Å². The zero-order chi connectivity index (χ0) is 13.9. The molecule has 3 nitrogen and oxygen atoms in total. The van der Waals surface area contributed by atoms with Crippen molar-refractivity contribution in [3.63, 3.8) is 0 Å². The van der Waals surface area contributed by atoms with Crippen LogP contribution in [0.15, 0.2) is 30.5 Å². The molecule has 20 heavy (non-hydrogen) atoms. The Morgan fingerprint density at radius 1 is 1.30 bits per heavy atom. The van der Waals surface area contributed by atoms with Crippen LogP contribution in [0.5, 0.6) is 0 Å². The van der Waals surface area contributed by atoms with Crippen molar-refractivity contribution in [1.82, 2.24) is 15.1 Å². The number of hydrogen-bond donors (Lipinski definition) is 1. The smallest absolute Gasteiger partial charge is 0.0662 e. The highest BCUT2D eigenvalue weighted by atomic mass is 15.3. The fraction of sp³-hybridized carbons (Fsp3) is 0.471. The molecular formula is C17H23N3. The van der Waals surface area contributed by atoms with E-state index in [4.69, 9.17) is 0 Å². The van der Waals surface area contributed by atoms with Crippen LogP contribution in [0.2, 0.25) is 0 Å². The van der Waals surface area contributed by atoms with Gasteiger partial charge < -0.3 is 5.32 Å². The van der Waals surface area contributed by atoms with Gasteiger partial charge in [0, 0.05) is 17.3 Å². The van der Waals surface area contributed by atoms with Gasteiger partial charge in [-0.15, -0.1) is 0 Å². The molecule has 1 aromatic carbocycles. The van der Waals surface area contributed by atoms with Crippen LogP contribution >= 0.6 is 0 Å². The van der Waals surface area contributed by atoms with Gasteiger partial charge in [-0.25, -0.2) is 0 Å². The fourth-order valence-corrected chi connectivity index (χ4v) is 3.08. The number of rotatable bonds is 4. The molecule has 1 aliphatic rings. The summed E-state index contributed by atoms with van der Waals surface area (Å²) in [4.78, 5) is 0. The summed E-state index contributed by atoms with van der Waals surface area (Å²) in [6.07, 6.45) is 5.71. The van der Waals surface area contributed by atoms with Gasteiger partial charge in [0.2, 0.25) is 0 Å². The van der Waals surface area contributed by atoms with Crippen molar-refractivity contribution in [1.29, 1.82) is 0 Å². The average Bonchev–Trinajstić information content (AvgIpc) is 2.86. The average molecular weight is 269 g/mol. The molecule has 0 fully saturated rings. The van der Waals surface area contributed by atoms with Gasteiger partial charge in [-0.1, -0.05) is 36.8 Å². The fourth-order valence-electron chi connectivity index (χ4n) is 3.08. The number of aryl methyl sites for hydroxylation is 1. The summed E-state index contributed by atoms with van der Waals surface area (Å²) < 4.78 is 2.18. The van der Waals surface area contributed by atoms with E-state index in [0.29, 0.717) is 6.04 Å². The van der Waals surface area contributed by atoms with E-state index in [2.05, 4.69) is 59.4 Å². The first-order valence-corrected chi connectivity index (χ1v) is 7.61. The topological polar surface area (TPSA) is 29.9 Å². The van der Waals surface area contributed by atoms with Gasteiger partial charge in [0.15, 0.2) is 0 Å². The number of nitrogens with one attached hydrogen (secondary N) is 1. The lowest BCUT2D eigenvalue weighted by atomic mass is 9.93. The monoisotopic (exact) mass is 269 g/mol. The molecule has 1 unspecified atom stereocenters. The van der Waals surface area contributed by atoms with Crippen LogP contribution < -0.4 is 5.32 Å². The number of benzene rings is 1. The lowest BCUT2D eigenvalue weighted by Crippen LogP contribution is -2.25. The number of fused-ring (bicyclic) bond motifs is 1. The normalized spacial score (nSPS) is 18.0. The van der Waals surface area contributed by atoms with Crippen molar-refractivity contribution < 1.29 is 0 Å². The van der Waals surface area contributed by atoms with E-state index in [9.17, 15) is 0 Å². The second kappa shape index (κ2) is 5.80. The Balaban J connectivity index is 1.83. The van der Waals surface area contributed by atoms with E-state index in [-0.39, 0.29) is 0 Å². The molecule has 106 valence electrons. The molecule has 1 N–H and O–H groups in total. The minimum absolute atomic E-state index is 0.496. The minimum Gasteiger partial charge on any atom is -0.310 e. The van der Waals surface area contributed by atoms with E-state index < -0.39 is 0 Å². The Morgan fingerprint density at radius 3 is 2.85 bits per heavy atom. The molecule has 3 heteroatoms. The quantitative estimate of drug-likeness (QED) is 0.923. The number of hydrogen-bond acceptors (Lipinski definition) is 2. The summed E-state index contributed by atoms with van der Waals surface area (Å²) in [5.74, 6) is 0. The van der Waals surface area contributed by atoms with Crippen LogP contribution in [0.1, 0.15) is 48.2 Å². The standard InChI is InChI=1S/C17H23N3/c1-3-18-16-5-4-6-17-15(16)11-19-20(17)12-14-9-7-13(2)8-10-14/h7-11,16,18H,3-6,12H2,1-2H3. The van der Waals surface area contributed by atoms with Gasteiger partial charge in [0.05, 0.1) is 12.7 Å². The first-order chi connectivity index (χ1) is 9.78. The van der Waals surface area contributed by atoms with Crippen molar-refractivity contribution in [2.24, 2.45) is 0 Å². The van der Waals surface area contributed by atoms with Crippen LogP contribution in [0.25, 0.3) is 0 Å². The van der Waals surface area contributed by atoms with Gasteiger partial charge >= 0.3 is 0 Å². The van der Waals surface area contributed by atoms with Crippen LogP contribution in [0, 0.1) is 6.92 Å². The van der Waals surface area contributed by atoms with Crippen LogP contribution in [0.3, 0.4) is 0 Å². The van der Waals surface area contributed by atoms with Crippen molar-refractivity contribution in [3.8, 4) is 0 Å². The van der Waals surface area contributed by atoms with E-state index in [0.717, 1.165) is 19.5 Å². The van der Waals surface area contributed by atoms with Crippen molar-refractivity contribution in [3.05, 3.63) is 52.8 Å². The lowest BCUT2D eigenvalue weighted by Gasteiger charge is -2.23. The molecule has 2 aromatic rings. The maximum Gasteiger partial charge on any atom is 0.0662 e. The summed E-state index contributed by atoms with van der Waals surface area (Å²) in [6, 6.07) is 9.25. The molecule has 0 aliphatic heterocycles. The SMILES string of the molecule is CCNC1CCCc2c1cnn2Cc1ccc(C)cc1. The molecule has 0 amide bonds. The predicted octanol–water partition coefficient (Wildman–Crippen LogP) is 3.23. The van der Waals surface area contributed by atoms with E-state index in [1.807, 2.05) is 0 Å². The maximum atomic E-state index is 4.62. The zero-order valence-electron chi connectivity index (χ0n) is 12.4. The van der Waals surface area contributed by atoms with Gasteiger partial charge in [0.1, 0.15) is 0 Å². The van der Waals surface area contributed by atoms with Crippen LogP contribution in [-0.2, 0) is 13.0 Å². The predicted molar refractivity (Wildman–Crippen MR) is 81.9 cm³/mol. The first kappa shape index (κ1) is 13.4. The number of nitrogens with zero attached hydrogens (tertiary/aromatic N) is 2. The molecular weight excluding hydrogens is 246 g/mol. The molecule has 3 rings (SSSR count). The lowest BCUT2D eigenvalue weighted by molar-refractivity contribution is 0.460. The Labute approximate surface area is 121 Å². The maximum absolute atomic E-state index is 4.62. The van der Waals surface area contributed by atoms with Gasteiger partial charge in [0.25, 0.3) is 0 Å². The van der Waals surface area contributed by atoms with Gasteiger partial charge in [-0.3, -0.25) is 4.68 Å². The Kier molecular flexibility index (Phi) is 3.88. The third kappa shape index (κ3) is 2.63. The number of aromatic nitrogens is 2. The molecule has 0 saturated carbocycles. The van der Waals surface area contributed by atoms with E-state index in [1.165, 1.54) is 35.2 Å². The van der Waals surface area contributed by atoms with Gasteiger partial charge in [-0.05, 0) is 38.3 Å². The first-order valence-electron chi connectivity index (χ1n) is 7.61. The molecule has 0 spiro atoms. The minimum atomic E-state index is 0.496. The largest absolute Gasteiger partial charge is 0.310 e. The second-order valence-electron chi connectivity index (χ2n) is 5.69. The molecule has 1 aliphatic carbocycles. The van der Waals surface area contributed by atoms with Crippen molar-refractivity contribution in [2.45, 2.75) is 45.7 Å². The molecule has 0 radical (unpaired) electrons.